The van der Waals surface area contributed by atoms with Gasteiger partial charge >= 0.3 is 0 Å². The zero-order valence-corrected chi connectivity index (χ0v) is 5.51. The average molecular weight is 127 g/mol. The maximum absolute atomic E-state index is 9.47. The topological polar surface area (TPSA) is 32.3 Å². The molecule has 0 amide bonds. The maximum Gasteiger partial charge on any atom is 0.0620 e. The predicted molar refractivity (Wildman–Crippen MR) is 35.1 cm³/mol. The van der Waals surface area contributed by atoms with E-state index >= 15 is 0 Å². The molecule has 3 atom stereocenters. The van der Waals surface area contributed by atoms with E-state index in [-0.39, 0.29) is 6.10 Å². The summed E-state index contributed by atoms with van der Waals surface area (Å²) < 4.78 is 0. The van der Waals surface area contributed by atoms with Crippen molar-refractivity contribution in [2.45, 2.75) is 18.9 Å². The molecule has 1 unspecified atom stereocenters. The first kappa shape index (κ1) is 5.69. The Morgan fingerprint density at radius 3 is 2.11 bits per heavy atom. The standard InChI is InChI=1S/C7H13NO/c9-7-5-1-2-6(7)4-8-3-5/h5-9H,1-4H2/t5-,6+,7?. The Kier molecular flexibility index (Phi) is 1.24. The van der Waals surface area contributed by atoms with Crippen molar-refractivity contribution in [3.05, 3.63) is 0 Å². The number of rotatable bonds is 0. The first-order valence-electron chi connectivity index (χ1n) is 3.76. The zero-order valence-electron chi connectivity index (χ0n) is 5.51. The first-order chi connectivity index (χ1) is 4.38. The van der Waals surface area contributed by atoms with Crippen LogP contribution in [0.4, 0.5) is 0 Å². The van der Waals surface area contributed by atoms with Gasteiger partial charge in [0.05, 0.1) is 6.10 Å². The molecule has 2 fully saturated rings. The molecule has 2 rings (SSSR count). The van der Waals surface area contributed by atoms with Gasteiger partial charge in [0.2, 0.25) is 0 Å². The lowest BCUT2D eigenvalue weighted by atomic mass is 9.97. The van der Waals surface area contributed by atoms with E-state index in [2.05, 4.69) is 5.32 Å². The second-order valence-corrected chi connectivity index (χ2v) is 3.25. The second kappa shape index (κ2) is 1.96. The van der Waals surface area contributed by atoms with Crippen LogP contribution in [-0.4, -0.2) is 24.3 Å². The van der Waals surface area contributed by atoms with E-state index < -0.39 is 0 Å². The van der Waals surface area contributed by atoms with Crippen LogP contribution in [0.2, 0.25) is 0 Å². The lowest BCUT2D eigenvalue weighted by Crippen LogP contribution is -2.41. The van der Waals surface area contributed by atoms with Gasteiger partial charge in [0.1, 0.15) is 0 Å². The number of hydrogen-bond acceptors (Lipinski definition) is 2. The minimum atomic E-state index is 0.0197. The molecule has 9 heavy (non-hydrogen) atoms. The smallest absolute Gasteiger partial charge is 0.0620 e. The molecular weight excluding hydrogens is 114 g/mol. The van der Waals surface area contributed by atoms with Crippen molar-refractivity contribution in [1.29, 1.82) is 0 Å². The van der Waals surface area contributed by atoms with Crippen LogP contribution in [0, 0.1) is 11.8 Å². The monoisotopic (exact) mass is 127 g/mol. The van der Waals surface area contributed by atoms with Gasteiger partial charge in [-0.3, -0.25) is 0 Å². The van der Waals surface area contributed by atoms with Gasteiger partial charge in [-0.1, -0.05) is 0 Å². The molecule has 2 N–H and O–H groups in total. The van der Waals surface area contributed by atoms with Crippen LogP contribution in [0.5, 0.6) is 0 Å². The molecule has 1 heterocycles. The summed E-state index contributed by atoms with van der Waals surface area (Å²) in [4.78, 5) is 0. The molecule has 1 aliphatic carbocycles. The number of fused-ring (bicyclic) bond motifs is 2. The van der Waals surface area contributed by atoms with Gasteiger partial charge in [-0.2, -0.15) is 0 Å². The van der Waals surface area contributed by atoms with Gasteiger partial charge < -0.3 is 10.4 Å². The third kappa shape index (κ3) is 0.775. The Hall–Kier alpha value is -0.0800. The van der Waals surface area contributed by atoms with E-state index in [0.717, 1.165) is 13.1 Å². The van der Waals surface area contributed by atoms with Gasteiger partial charge in [-0.25, -0.2) is 0 Å². The molecule has 2 bridgehead atoms. The van der Waals surface area contributed by atoms with Gasteiger partial charge in [0, 0.05) is 13.1 Å². The first-order valence-corrected chi connectivity index (χ1v) is 3.76. The lowest BCUT2D eigenvalue weighted by molar-refractivity contribution is 0.0700. The minimum Gasteiger partial charge on any atom is -0.392 e. The lowest BCUT2D eigenvalue weighted by Gasteiger charge is -2.25. The second-order valence-electron chi connectivity index (χ2n) is 3.25. The summed E-state index contributed by atoms with van der Waals surface area (Å²) >= 11 is 0. The molecule has 0 aromatic carbocycles. The molecule has 2 aliphatic rings. The van der Waals surface area contributed by atoms with Crippen LogP contribution in [0.1, 0.15) is 12.8 Å². The summed E-state index contributed by atoms with van der Waals surface area (Å²) in [5, 5.41) is 12.8. The summed E-state index contributed by atoms with van der Waals surface area (Å²) in [5.41, 5.74) is 0. The highest BCUT2D eigenvalue weighted by molar-refractivity contribution is 4.90. The van der Waals surface area contributed by atoms with E-state index in [9.17, 15) is 5.11 Å². The number of aliphatic hydroxyl groups is 1. The van der Waals surface area contributed by atoms with Crippen LogP contribution in [0.15, 0.2) is 0 Å². The largest absolute Gasteiger partial charge is 0.392 e. The highest BCUT2D eigenvalue weighted by Crippen LogP contribution is 2.32. The van der Waals surface area contributed by atoms with Crippen LogP contribution in [0.3, 0.4) is 0 Å². The molecule has 1 saturated carbocycles. The summed E-state index contributed by atoms with van der Waals surface area (Å²) in [6, 6.07) is 0. The van der Waals surface area contributed by atoms with E-state index in [1.807, 2.05) is 0 Å². The van der Waals surface area contributed by atoms with Crippen LogP contribution >= 0.6 is 0 Å². The van der Waals surface area contributed by atoms with Crippen molar-refractivity contribution >= 4 is 0 Å². The molecule has 52 valence electrons. The zero-order chi connectivity index (χ0) is 6.27. The highest BCUT2D eigenvalue weighted by Gasteiger charge is 2.37. The molecule has 1 aliphatic heterocycles. The van der Waals surface area contributed by atoms with E-state index in [0.29, 0.717) is 11.8 Å². The number of piperidine rings is 1. The predicted octanol–water partition coefficient (Wildman–Crippen LogP) is -0.0233. The van der Waals surface area contributed by atoms with E-state index in [1.165, 1.54) is 12.8 Å². The Balaban J connectivity index is 2.10. The Morgan fingerprint density at radius 1 is 1.11 bits per heavy atom. The molecule has 2 heteroatoms. The van der Waals surface area contributed by atoms with E-state index in [4.69, 9.17) is 0 Å². The number of hydrogen-bond donors (Lipinski definition) is 2. The quantitative estimate of drug-likeness (QED) is 0.479. The molecular formula is C7H13NO. The third-order valence-electron chi connectivity index (χ3n) is 2.69. The average Bonchev–Trinajstić information content (AvgIpc) is 2.19. The fourth-order valence-corrected chi connectivity index (χ4v) is 2.05. The Morgan fingerprint density at radius 2 is 1.67 bits per heavy atom. The normalized spacial score (nSPS) is 49.7. The third-order valence-corrected chi connectivity index (χ3v) is 2.69. The molecule has 2 nitrogen and oxygen atoms in total. The number of nitrogens with one attached hydrogen (secondary N) is 1. The number of aliphatic hydroxyl groups excluding tert-OH is 1. The van der Waals surface area contributed by atoms with E-state index in [1.54, 1.807) is 0 Å². The molecule has 0 aromatic heterocycles. The fourth-order valence-electron chi connectivity index (χ4n) is 2.05. The van der Waals surface area contributed by atoms with Crippen LogP contribution in [-0.2, 0) is 0 Å². The minimum absolute atomic E-state index is 0.0197. The van der Waals surface area contributed by atoms with Crippen molar-refractivity contribution in [2.75, 3.05) is 13.1 Å². The Labute approximate surface area is 55.3 Å². The van der Waals surface area contributed by atoms with Crippen molar-refractivity contribution in [3.63, 3.8) is 0 Å². The molecule has 1 saturated heterocycles. The van der Waals surface area contributed by atoms with Gasteiger partial charge in [-0.15, -0.1) is 0 Å². The van der Waals surface area contributed by atoms with Crippen molar-refractivity contribution in [1.82, 2.24) is 5.32 Å². The van der Waals surface area contributed by atoms with Crippen molar-refractivity contribution < 1.29 is 5.11 Å². The van der Waals surface area contributed by atoms with Gasteiger partial charge in [-0.05, 0) is 24.7 Å². The summed E-state index contributed by atoms with van der Waals surface area (Å²) in [5.74, 6) is 1.15. The summed E-state index contributed by atoms with van der Waals surface area (Å²) in [7, 11) is 0. The van der Waals surface area contributed by atoms with Crippen LogP contribution < -0.4 is 5.32 Å². The SMILES string of the molecule is OC1[C@@H]2CC[C@H]1CNC2. The molecule has 0 radical (unpaired) electrons. The fraction of sp³-hybridized carbons (Fsp3) is 1.00. The van der Waals surface area contributed by atoms with Crippen molar-refractivity contribution in [2.24, 2.45) is 11.8 Å². The van der Waals surface area contributed by atoms with Crippen LogP contribution in [0.25, 0.3) is 0 Å². The maximum atomic E-state index is 9.47. The van der Waals surface area contributed by atoms with Crippen molar-refractivity contribution in [3.8, 4) is 0 Å². The summed E-state index contributed by atoms with van der Waals surface area (Å²) in [6.07, 6.45) is 2.49. The molecule has 0 aromatic rings. The summed E-state index contributed by atoms with van der Waals surface area (Å²) in [6.45, 7) is 2.08. The Bertz CT molecular complexity index is 99.5. The van der Waals surface area contributed by atoms with Gasteiger partial charge in [0.25, 0.3) is 0 Å². The molecule has 0 spiro atoms. The highest BCUT2D eigenvalue weighted by atomic mass is 16.3. The van der Waals surface area contributed by atoms with Gasteiger partial charge in [0.15, 0.2) is 0 Å².